The summed E-state index contributed by atoms with van der Waals surface area (Å²) in [5.41, 5.74) is 0.502. The highest BCUT2D eigenvalue weighted by Crippen LogP contribution is 2.20. The van der Waals surface area contributed by atoms with Gasteiger partial charge in [0.15, 0.2) is 5.78 Å². The monoisotopic (exact) mass is 277 g/mol. The van der Waals surface area contributed by atoms with Gasteiger partial charge in [0, 0.05) is 12.3 Å². The largest absolute Gasteiger partial charge is 0.497 e. The highest BCUT2D eigenvalue weighted by atomic mass is 16.5. The summed E-state index contributed by atoms with van der Waals surface area (Å²) in [5.74, 6) is 0.608. The van der Waals surface area contributed by atoms with Crippen LogP contribution < -0.4 is 10.1 Å². The molecule has 0 saturated heterocycles. The Labute approximate surface area is 120 Å². The number of benzene rings is 1. The van der Waals surface area contributed by atoms with Crippen molar-refractivity contribution in [3.63, 3.8) is 0 Å². The number of hydrogen-bond donors (Lipinski definition) is 1. The van der Waals surface area contributed by atoms with Crippen LogP contribution in [0.5, 0.6) is 5.75 Å². The third-order valence-corrected chi connectivity index (χ3v) is 3.03. The van der Waals surface area contributed by atoms with Crippen LogP contribution in [-0.4, -0.2) is 24.8 Å². The van der Waals surface area contributed by atoms with Gasteiger partial charge in [-0.05, 0) is 24.1 Å². The molecule has 0 aliphatic heterocycles. The normalized spacial score (nSPS) is 12.7. The Bertz CT molecular complexity index is 471. The molecule has 0 radical (unpaired) electrons. The minimum atomic E-state index is -0.499. The van der Waals surface area contributed by atoms with E-state index in [0.717, 1.165) is 11.3 Å². The molecule has 1 unspecified atom stereocenters. The van der Waals surface area contributed by atoms with Gasteiger partial charge in [0.2, 0.25) is 5.91 Å². The first-order chi connectivity index (χ1) is 9.24. The summed E-state index contributed by atoms with van der Waals surface area (Å²) in [5, 5.41) is 2.74. The van der Waals surface area contributed by atoms with E-state index in [9.17, 15) is 9.59 Å². The van der Waals surface area contributed by atoms with Crippen LogP contribution in [0.25, 0.3) is 0 Å². The number of hydrogen-bond acceptors (Lipinski definition) is 3. The highest BCUT2D eigenvalue weighted by molar-refractivity contribution is 5.92. The second-order valence-corrected chi connectivity index (χ2v) is 5.92. The maximum atomic E-state index is 12.4. The predicted octanol–water partition coefficient (Wildman–Crippen LogP) is 2.36. The van der Waals surface area contributed by atoms with Gasteiger partial charge in [0.1, 0.15) is 5.75 Å². The first kappa shape index (κ1) is 16.2. The van der Waals surface area contributed by atoms with Crippen LogP contribution in [0, 0.1) is 5.41 Å². The molecule has 1 aromatic rings. The molecule has 0 aliphatic rings. The minimum Gasteiger partial charge on any atom is -0.497 e. The fourth-order valence-electron chi connectivity index (χ4n) is 1.97. The van der Waals surface area contributed by atoms with Crippen LogP contribution in [0.15, 0.2) is 24.3 Å². The third kappa shape index (κ3) is 4.68. The molecule has 0 aromatic heterocycles. The van der Waals surface area contributed by atoms with Gasteiger partial charge in [-0.3, -0.25) is 9.59 Å². The summed E-state index contributed by atoms with van der Waals surface area (Å²) in [7, 11) is 1.61. The Morgan fingerprint density at radius 1 is 1.20 bits per heavy atom. The predicted molar refractivity (Wildman–Crippen MR) is 78.8 cm³/mol. The molecule has 0 saturated carbocycles. The SMILES string of the molecule is COc1ccc(CC(NC(C)=O)C(=O)C(C)(C)C)cc1. The topological polar surface area (TPSA) is 55.4 Å². The van der Waals surface area contributed by atoms with Crippen molar-refractivity contribution in [2.24, 2.45) is 5.41 Å². The zero-order chi connectivity index (χ0) is 15.3. The van der Waals surface area contributed by atoms with Crippen LogP contribution in [0.4, 0.5) is 0 Å². The molecule has 4 heteroatoms. The van der Waals surface area contributed by atoms with Gasteiger partial charge in [-0.2, -0.15) is 0 Å². The second kappa shape index (κ2) is 6.55. The van der Waals surface area contributed by atoms with E-state index in [0.29, 0.717) is 6.42 Å². The van der Waals surface area contributed by atoms with E-state index in [1.807, 2.05) is 45.0 Å². The van der Waals surface area contributed by atoms with Crippen LogP contribution in [0.1, 0.15) is 33.3 Å². The lowest BCUT2D eigenvalue weighted by atomic mass is 9.84. The Morgan fingerprint density at radius 3 is 2.15 bits per heavy atom. The summed E-state index contributed by atoms with van der Waals surface area (Å²) < 4.78 is 5.10. The summed E-state index contributed by atoms with van der Waals surface area (Å²) in [4.78, 5) is 23.7. The fourth-order valence-corrected chi connectivity index (χ4v) is 1.97. The molecule has 110 valence electrons. The quantitative estimate of drug-likeness (QED) is 0.899. The number of ketones is 1. The maximum absolute atomic E-state index is 12.4. The number of nitrogens with one attached hydrogen (secondary N) is 1. The summed E-state index contributed by atoms with van der Waals surface area (Å²) in [6, 6.07) is 7.01. The van der Waals surface area contributed by atoms with Crippen molar-refractivity contribution >= 4 is 11.7 Å². The Hall–Kier alpha value is -1.84. The standard InChI is InChI=1S/C16H23NO3/c1-11(18)17-14(15(19)16(2,3)4)10-12-6-8-13(20-5)9-7-12/h6-9,14H,10H2,1-5H3,(H,17,18). The average Bonchev–Trinajstić information content (AvgIpc) is 2.36. The van der Waals surface area contributed by atoms with E-state index < -0.39 is 11.5 Å². The van der Waals surface area contributed by atoms with E-state index in [1.54, 1.807) is 7.11 Å². The Kier molecular flexibility index (Phi) is 5.31. The van der Waals surface area contributed by atoms with Crippen LogP contribution >= 0.6 is 0 Å². The molecule has 1 aromatic carbocycles. The van der Waals surface area contributed by atoms with Crippen molar-refractivity contribution in [1.82, 2.24) is 5.32 Å². The zero-order valence-corrected chi connectivity index (χ0v) is 12.8. The molecule has 1 atom stereocenters. The van der Waals surface area contributed by atoms with Gasteiger partial charge in [0.05, 0.1) is 13.2 Å². The molecular weight excluding hydrogens is 254 g/mol. The van der Waals surface area contributed by atoms with Gasteiger partial charge in [0.25, 0.3) is 0 Å². The number of rotatable bonds is 5. The minimum absolute atomic E-state index is 0.0310. The molecule has 0 fully saturated rings. The first-order valence-electron chi connectivity index (χ1n) is 6.68. The van der Waals surface area contributed by atoms with E-state index in [1.165, 1.54) is 6.92 Å². The number of carbonyl (C=O) groups excluding carboxylic acids is 2. The van der Waals surface area contributed by atoms with Gasteiger partial charge in [-0.1, -0.05) is 32.9 Å². The van der Waals surface area contributed by atoms with E-state index >= 15 is 0 Å². The number of methoxy groups -OCH3 is 1. The molecule has 0 bridgehead atoms. The molecule has 1 N–H and O–H groups in total. The Balaban J connectivity index is 2.88. The average molecular weight is 277 g/mol. The molecule has 4 nitrogen and oxygen atoms in total. The van der Waals surface area contributed by atoms with Crippen molar-refractivity contribution in [3.05, 3.63) is 29.8 Å². The number of ether oxygens (including phenoxy) is 1. The lowest BCUT2D eigenvalue weighted by molar-refractivity contribution is -0.131. The number of amides is 1. The summed E-state index contributed by atoms with van der Waals surface area (Å²) in [6.07, 6.45) is 0.486. The maximum Gasteiger partial charge on any atom is 0.217 e. The van der Waals surface area contributed by atoms with E-state index in [4.69, 9.17) is 4.74 Å². The molecule has 1 rings (SSSR count). The second-order valence-electron chi connectivity index (χ2n) is 5.92. The van der Waals surface area contributed by atoms with Crippen molar-refractivity contribution in [3.8, 4) is 5.75 Å². The van der Waals surface area contributed by atoms with Crippen molar-refractivity contribution < 1.29 is 14.3 Å². The van der Waals surface area contributed by atoms with Gasteiger partial charge in [-0.25, -0.2) is 0 Å². The van der Waals surface area contributed by atoms with Crippen LogP contribution in [0.2, 0.25) is 0 Å². The first-order valence-corrected chi connectivity index (χ1v) is 6.68. The van der Waals surface area contributed by atoms with Crippen molar-refractivity contribution in [1.29, 1.82) is 0 Å². The van der Waals surface area contributed by atoms with Gasteiger partial charge >= 0.3 is 0 Å². The van der Waals surface area contributed by atoms with E-state index in [2.05, 4.69) is 5.32 Å². The molecule has 0 spiro atoms. The summed E-state index contributed by atoms with van der Waals surface area (Å²) >= 11 is 0. The lowest BCUT2D eigenvalue weighted by Crippen LogP contribution is -2.46. The number of carbonyl (C=O) groups is 2. The van der Waals surface area contributed by atoms with Crippen LogP contribution in [0.3, 0.4) is 0 Å². The lowest BCUT2D eigenvalue weighted by Gasteiger charge is -2.25. The molecule has 1 amide bonds. The van der Waals surface area contributed by atoms with Gasteiger partial charge in [-0.15, -0.1) is 0 Å². The smallest absolute Gasteiger partial charge is 0.217 e. The Morgan fingerprint density at radius 2 is 1.75 bits per heavy atom. The molecule has 0 heterocycles. The highest BCUT2D eigenvalue weighted by Gasteiger charge is 2.30. The van der Waals surface area contributed by atoms with Crippen LogP contribution in [-0.2, 0) is 16.0 Å². The van der Waals surface area contributed by atoms with Gasteiger partial charge < -0.3 is 10.1 Å². The molecular formula is C16H23NO3. The van der Waals surface area contributed by atoms with Crippen molar-refractivity contribution in [2.75, 3.05) is 7.11 Å². The molecule has 20 heavy (non-hydrogen) atoms. The molecule has 0 aliphatic carbocycles. The fraction of sp³-hybridized carbons (Fsp3) is 0.500. The van der Waals surface area contributed by atoms with E-state index in [-0.39, 0.29) is 11.7 Å². The third-order valence-electron chi connectivity index (χ3n) is 3.03. The number of Topliss-reactive ketones (excluding diaryl/α,β-unsaturated/α-hetero) is 1. The summed E-state index contributed by atoms with van der Waals surface area (Å²) in [6.45, 7) is 7.01. The van der Waals surface area contributed by atoms with Crippen molar-refractivity contribution in [2.45, 2.75) is 40.2 Å². The zero-order valence-electron chi connectivity index (χ0n) is 12.8.